The number of rotatable bonds is 9. The monoisotopic (exact) mass is 529 g/mol. The zero-order valence-electron chi connectivity index (χ0n) is 20.1. The molecule has 0 radical (unpaired) electrons. The molecule has 3 rings (SSSR count). The minimum absolute atomic E-state index is 0.00457. The van der Waals surface area contributed by atoms with Crippen molar-refractivity contribution in [3.05, 3.63) is 63.7 Å². The van der Waals surface area contributed by atoms with Gasteiger partial charge in [0.05, 0.1) is 16.4 Å². The first kappa shape index (κ1) is 27.6. The van der Waals surface area contributed by atoms with Gasteiger partial charge in [-0.3, -0.25) is 13.9 Å². The van der Waals surface area contributed by atoms with Gasteiger partial charge in [-0.2, -0.15) is 13.2 Å². The molecule has 0 saturated carbocycles. The summed E-state index contributed by atoms with van der Waals surface area (Å²) in [4.78, 5) is 17.4. The van der Waals surface area contributed by atoms with Gasteiger partial charge in [0.15, 0.2) is 0 Å². The minimum atomic E-state index is -4.58. The molecular weight excluding hydrogens is 499 g/mol. The van der Waals surface area contributed by atoms with E-state index in [4.69, 9.17) is 11.6 Å². The number of carbonyl (C=O) groups excluding carboxylic acids is 1. The van der Waals surface area contributed by atoms with E-state index in [1.807, 2.05) is 19.0 Å². The summed E-state index contributed by atoms with van der Waals surface area (Å²) in [5.41, 5.74) is -0.139. The molecular formula is C25H31ClF3N3O2S. The van der Waals surface area contributed by atoms with Gasteiger partial charge in [-0.1, -0.05) is 24.6 Å². The normalized spacial score (nSPS) is 17.7. The molecule has 35 heavy (non-hydrogen) atoms. The number of carbonyl (C=O) groups is 1. The van der Waals surface area contributed by atoms with Gasteiger partial charge in [0.2, 0.25) is 0 Å². The molecule has 1 N–H and O–H groups in total. The highest BCUT2D eigenvalue weighted by atomic mass is 35.5. The van der Waals surface area contributed by atoms with E-state index in [0.29, 0.717) is 27.2 Å². The number of halogens is 4. The fourth-order valence-corrected chi connectivity index (χ4v) is 5.57. The summed E-state index contributed by atoms with van der Waals surface area (Å²) in [5.74, 6) is 0.191. The summed E-state index contributed by atoms with van der Waals surface area (Å²) in [6, 6.07) is 8.61. The molecule has 1 heterocycles. The molecule has 2 aromatic carbocycles. The second kappa shape index (κ2) is 11.9. The number of alkyl halides is 3. The van der Waals surface area contributed by atoms with Crippen LogP contribution < -0.4 is 5.32 Å². The molecule has 1 saturated heterocycles. The van der Waals surface area contributed by atoms with Crippen LogP contribution in [0.1, 0.15) is 40.4 Å². The molecule has 1 amide bonds. The molecule has 10 heteroatoms. The van der Waals surface area contributed by atoms with E-state index in [-0.39, 0.29) is 24.2 Å². The molecule has 0 spiro atoms. The Hall–Kier alpha value is -1.94. The summed E-state index contributed by atoms with van der Waals surface area (Å²) < 4.78 is 53.9. The lowest BCUT2D eigenvalue weighted by Crippen LogP contribution is -2.27. The van der Waals surface area contributed by atoms with Crippen LogP contribution in [0.5, 0.6) is 0 Å². The van der Waals surface area contributed by atoms with E-state index in [1.165, 1.54) is 12.1 Å². The Bertz CT molecular complexity index is 1080. The van der Waals surface area contributed by atoms with Gasteiger partial charge in [-0.15, -0.1) is 0 Å². The number of hydrogen-bond acceptors (Lipinski definition) is 4. The van der Waals surface area contributed by atoms with Gasteiger partial charge in [-0.25, -0.2) is 0 Å². The van der Waals surface area contributed by atoms with E-state index in [2.05, 4.69) is 10.2 Å². The first-order chi connectivity index (χ1) is 16.5. The molecule has 2 atom stereocenters. The van der Waals surface area contributed by atoms with Crippen molar-refractivity contribution in [3.63, 3.8) is 0 Å². The molecule has 2 aromatic rings. The Morgan fingerprint density at radius 2 is 1.94 bits per heavy atom. The van der Waals surface area contributed by atoms with Crippen LogP contribution in [0.15, 0.2) is 41.3 Å². The van der Waals surface area contributed by atoms with E-state index < -0.39 is 28.4 Å². The van der Waals surface area contributed by atoms with E-state index >= 15 is 0 Å². The molecule has 1 aliphatic rings. The fourth-order valence-electron chi connectivity index (χ4n) is 4.42. The van der Waals surface area contributed by atoms with Crippen molar-refractivity contribution in [2.24, 2.45) is 5.92 Å². The summed E-state index contributed by atoms with van der Waals surface area (Å²) >= 11 is 6.05. The molecule has 1 aliphatic heterocycles. The van der Waals surface area contributed by atoms with Crippen LogP contribution in [0, 0.1) is 5.92 Å². The van der Waals surface area contributed by atoms with Crippen LogP contribution in [-0.2, 0) is 30.1 Å². The molecule has 0 bridgehead atoms. The third-order valence-electron chi connectivity index (χ3n) is 6.03. The van der Waals surface area contributed by atoms with E-state index in [0.717, 1.165) is 32.1 Å². The zero-order valence-corrected chi connectivity index (χ0v) is 21.7. The second-order valence-electron chi connectivity index (χ2n) is 9.09. The van der Waals surface area contributed by atoms with E-state index in [1.54, 1.807) is 25.1 Å². The number of nitrogens with one attached hydrogen (secondary N) is 1. The smallest absolute Gasteiger partial charge is 0.348 e. The molecule has 0 aliphatic carbocycles. The number of benzene rings is 2. The van der Waals surface area contributed by atoms with Gasteiger partial charge < -0.3 is 10.2 Å². The summed E-state index contributed by atoms with van der Waals surface area (Å²) in [6.45, 7) is 4.37. The Balaban J connectivity index is 1.75. The van der Waals surface area contributed by atoms with Gasteiger partial charge in [0.25, 0.3) is 5.91 Å². The first-order valence-electron chi connectivity index (χ1n) is 11.5. The van der Waals surface area contributed by atoms with Gasteiger partial charge in [-0.05, 0) is 74.4 Å². The SMILES string of the molecule is CCS(=O)c1ccc(Cl)cc1CNC(=O)c1ccc(CN2CCC(CN(C)C)C2)c(C(F)(F)F)c1. The van der Waals surface area contributed by atoms with Crippen LogP contribution in [0.4, 0.5) is 13.2 Å². The zero-order chi connectivity index (χ0) is 25.8. The summed E-state index contributed by atoms with van der Waals surface area (Å²) in [5, 5.41) is 3.06. The maximum absolute atomic E-state index is 13.9. The van der Waals surface area contributed by atoms with Crippen molar-refractivity contribution < 1.29 is 22.2 Å². The Morgan fingerprint density at radius 3 is 2.60 bits per heavy atom. The molecule has 0 aromatic heterocycles. The third-order valence-corrected chi connectivity index (χ3v) is 7.68. The van der Waals surface area contributed by atoms with Crippen LogP contribution in [0.25, 0.3) is 0 Å². The first-order valence-corrected chi connectivity index (χ1v) is 13.2. The fraction of sp³-hybridized carbons (Fsp3) is 0.480. The lowest BCUT2D eigenvalue weighted by atomic mass is 10.0. The highest BCUT2D eigenvalue weighted by Gasteiger charge is 2.35. The Labute approximate surface area is 212 Å². The van der Waals surface area contributed by atoms with Crippen molar-refractivity contribution >= 4 is 28.3 Å². The van der Waals surface area contributed by atoms with Crippen LogP contribution >= 0.6 is 11.6 Å². The maximum Gasteiger partial charge on any atom is 0.416 e. The topological polar surface area (TPSA) is 52.7 Å². The highest BCUT2D eigenvalue weighted by Crippen LogP contribution is 2.34. The molecule has 5 nitrogen and oxygen atoms in total. The predicted octanol–water partition coefficient (Wildman–Crippen LogP) is 4.80. The molecule has 2 unspecified atom stereocenters. The van der Waals surface area contributed by atoms with Crippen LogP contribution in [-0.4, -0.2) is 59.4 Å². The third kappa shape index (κ3) is 7.52. The van der Waals surface area contributed by atoms with Crippen molar-refractivity contribution in [1.29, 1.82) is 0 Å². The van der Waals surface area contributed by atoms with E-state index in [9.17, 15) is 22.2 Å². The van der Waals surface area contributed by atoms with Crippen molar-refractivity contribution in [3.8, 4) is 0 Å². The van der Waals surface area contributed by atoms with Crippen molar-refractivity contribution in [2.75, 3.05) is 39.5 Å². The maximum atomic E-state index is 13.9. The van der Waals surface area contributed by atoms with Crippen molar-refractivity contribution in [1.82, 2.24) is 15.1 Å². The molecule has 1 fully saturated rings. The predicted molar refractivity (Wildman–Crippen MR) is 133 cm³/mol. The van der Waals surface area contributed by atoms with Crippen LogP contribution in [0.2, 0.25) is 5.02 Å². The summed E-state index contributed by atoms with van der Waals surface area (Å²) in [7, 11) is 2.72. The largest absolute Gasteiger partial charge is 0.416 e. The average molecular weight is 530 g/mol. The molecule has 192 valence electrons. The lowest BCUT2D eigenvalue weighted by molar-refractivity contribution is -0.138. The number of amides is 1. The van der Waals surface area contributed by atoms with Gasteiger partial charge in [0.1, 0.15) is 0 Å². The second-order valence-corrected chi connectivity index (χ2v) is 11.2. The quantitative estimate of drug-likeness (QED) is 0.507. The minimum Gasteiger partial charge on any atom is -0.348 e. The number of hydrogen-bond donors (Lipinski definition) is 1. The summed E-state index contributed by atoms with van der Waals surface area (Å²) in [6.07, 6.45) is -3.62. The van der Waals surface area contributed by atoms with Gasteiger partial charge >= 0.3 is 6.18 Å². The Morgan fingerprint density at radius 1 is 1.20 bits per heavy atom. The number of nitrogens with zero attached hydrogens (tertiary/aromatic N) is 2. The van der Waals surface area contributed by atoms with Crippen molar-refractivity contribution in [2.45, 2.75) is 37.5 Å². The lowest BCUT2D eigenvalue weighted by Gasteiger charge is -2.21. The highest BCUT2D eigenvalue weighted by molar-refractivity contribution is 7.85. The number of likely N-dealkylation sites (tertiary alicyclic amines) is 1. The standard InChI is InChI=1S/C25H31ClF3N3O2S/c1-4-35(34)23-8-7-21(26)11-20(23)13-30-24(33)18-5-6-19(22(12-18)25(27,28)29)16-32-10-9-17(15-32)14-31(2)3/h5-8,11-12,17H,4,9-10,13-16H2,1-3H3,(H,30,33). The van der Waals surface area contributed by atoms with Crippen LogP contribution in [0.3, 0.4) is 0 Å². The average Bonchev–Trinajstić information content (AvgIpc) is 3.22. The van der Waals surface area contributed by atoms with Gasteiger partial charge in [0, 0.05) is 47.4 Å². The Kier molecular flexibility index (Phi) is 9.37.